The normalized spacial score (nSPS) is 16.8. The monoisotopic (exact) mass is 1090 g/mol. The highest BCUT2D eigenvalue weighted by Crippen LogP contribution is 2.36. The Morgan fingerprint density at radius 3 is 1.72 bits per heavy atom. The molecular weight excluding hydrogens is 1020 g/mol. The summed E-state index contributed by atoms with van der Waals surface area (Å²) >= 11 is 12.2. The summed E-state index contributed by atoms with van der Waals surface area (Å²) < 4.78 is 55.6. The second-order valence-electron chi connectivity index (χ2n) is 17.3. The SMILES string of the molecule is CN1C(=O)CC(C(=O)NCCOCCOCCOCCOCCOCCOCCOCCOCCOCCNC(=O)c2ccc(CNC(=O)NC[C@H]3CN(Cc4ccc(Cl)c(Cl)c4)CCO3)cc2)C1c1cccnc1. The molecule has 2 saturated heterocycles. The Hall–Kier alpha value is -4.59. The van der Waals surface area contributed by atoms with Gasteiger partial charge in [-0.25, -0.2) is 4.79 Å². The van der Waals surface area contributed by atoms with Crippen LogP contribution in [0, 0.1) is 5.92 Å². The molecule has 2 aliphatic heterocycles. The number of hydrogen-bond donors (Lipinski definition) is 4. The minimum absolute atomic E-state index is 0.0649. The van der Waals surface area contributed by atoms with E-state index in [9.17, 15) is 19.2 Å². The number of halogens is 2. The number of amides is 5. The highest BCUT2D eigenvalue weighted by atomic mass is 35.5. The van der Waals surface area contributed by atoms with E-state index in [1.54, 1.807) is 60.7 Å². The van der Waals surface area contributed by atoms with Crippen LogP contribution in [0.1, 0.15) is 39.5 Å². The van der Waals surface area contributed by atoms with Gasteiger partial charge < -0.3 is 73.5 Å². The molecule has 4 N–H and O–H groups in total. The van der Waals surface area contributed by atoms with Crippen molar-refractivity contribution < 1.29 is 66.5 Å². The number of carbonyl (C=O) groups excluding carboxylic acids is 4. The van der Waals surface area contributed by atoms with Crippen LogP contribution in [0.15, 0.2) is 67.0 Å². The van der Waals surface area contributed by atoms with Crippen LogP contribution in [-0.2, 0) is 70.0 Å². The molecule has 0 bridgehead atoms. The van der Waals surface area contributed by atoms with E-state index in [0.29, 0.717) is 180 Å². The molecule has 3 atom stereocenters. The number of carbonyl (C=O) groups is 4. The molecule has 0 saturated carbocycles. The van der Waals surface area contributed by atoms with Gasteiger partial charge in [0.15, 0.2) is 0 Å². The van der Waals surface area contributed by atoms with Crippen LogP contribution in [0.4, 0.5) is 4.79 Å². The molecular formula is C52H75Cl2N7O14. The summed E-state index contributed by atoms with van der Waals surface area (Å²) in [6, 6.07) is 15.7. The first-order valence-corrected chi connectivity index (χ1v) is 26.2. The standard InChI is InChI=1S/C52H75Cl2N7O14/c1-60-48(62)34-45(49(60)43-3-2-10-55-36-43)51(64)57-12-15-67-18-20-69-22-24-71-26-28-73-30-32-74-31-29-72-27-25-70-23-21-68-19-17-66-14-11-56-50(63)42-7-4-40(5-8-42)35-58-52(65)59-37-44-39-61(13-16-75-44)38-41-6-9-46(53)47(54)33-41/h2-10,33,36,44-45,49H,11-32,34-35,37-39H2,1H3,(H,56,63)(H,57,64)(H2,58,59,65)/t44-,45?,49?/m0/s1. The van der Waals surface area contributed by atoms with Gasteiger partial charge in [0.05, 0.1) is 154 Å². The maximum Gasteiger partial charge on any atom is 0.315 e. The summed E-state index contributed by atoms with van der Waals surface area (Å²) in [7, 11) is 1.71. The van der Waals surface area contributed by atoms with Crippen molar-refractivity contribution in [2.24, 2.45) is 5.92 Å². The van der Waals surface area contributed by atoms with Gasteiger partial charge in [-0.05, 0) is 47.0 Å². The Bertz CT molecular complexity index is 2090. The first kappa shape index (κ1) is 61.3. The Morgan fingerprint density at radius 2 is 1.19 bits per heavy atom. The molecule has 2 fully saturated rings. The van der Waals surface area contributed by atoms with Crippen LogP contribution in [0.5, 0.6) is 0 Å². The molecule has 21 nitrogen and oxygen atoms in total. The lowest BCUT2D eigenvalue weighted by atomic mass is 9.94. The molecule has 3 aromatic rings. The van der Waals surface area contributed by atoms with E-state index < -0.39 is 5.92 Å². The molecule has 0 aliphatic carbocycles. The van der Waals surface area contributed by atoms with Gasteiger partial charge >= 0.3 is 6.03 Å². The van der Waals surface area contributed by atoms with Crippen LogP contribution in [0.25, 0.3) is 0 Å². The van der Waals surface area contributed by atoms with Crippen molar-refractivity contribution in [2.75, 3.05) is 165 Å². The van der Waals surface area contributed by atoms with E-state index in [0.717, 1.165) is 23.2 Å². The predicted octanol–water partition coefficient (Wildman–Crippen LogP) is 3.30. The Kier molecular flexibility index (Phi) is 30.4. The van der Waals surface area contributed by atoms with Gasteiger partial charge in [0.2, 0.25) is 11.8 Å². The molecule has 416 valence electrons. The molecule has 3 heterocycles. The summed E-state index contributed by atoms with van der Waals surface area (Å²) in [5.74, 6) is -0.926. The number of nitrogens with one attached hydrogen (secondary N) is 4. The van der Waals surface area contributed by atoms with Crippen molar-refractivity contribution in [1.82, 2.24) is 36.1 Å². The van der Waals surface area contributed by atoms with Crippen LogP contribution < -0.4 is 21.3 Å². The number of aromatic nitrogens is 1. The lowest BCUT2D eigenvalue weighted by Crippen LogP contribution is -2.48. The van der Waals surface area contributed by atoms with Crippen molar-refractivity contribution in [3.63, 3.8) is 0 Å². The number of urea groups is 1. The second-order valence-corrected chi connectivity index (χ2v) is 18.2. The molecule has 1 aromatic heterocycles. The Morgan fingerprint density at radius 1 is 0.653 bits per heavy atom. The molecule has 5 amide bonds. The number of nitrogens with zero attached hydrogens (tertiary/aromatic N) is 3. The molecule has 2 aliphatic rings. The smallest absolute Gasteiger partial charge is 0.315 e. The largest absolute Gasteiger partial charge is 0.377 e. The molecule has 5 rings (SSSR count). The number of morpholine rings is 1. The molecule has 75 heavy (non-hydrogen) atoms. The number of pyridine rings is 1. The van der Waals surface area contributed by atoms with E-state index in [2.05, 4.69) is 31.2 Å². The minimum Gasteiger partial charge on any atom is -0.377 e. The number of rotatable bonds is 39. The van der Waals surface area contributed by atoms with E-state index in [1.165, 1.54) is 0 Å². The van der Waals surface area contributed by atoms with Crippen LogP contribution in [-0.4, -0.2) is 210 Å². The van der Waals surface area contributed by atoms with Gasteiger partial charge in [-0.3, -0.25) is 24.3 Å². The number of likely N-dealkylation sites (tertiary alicyclic amines) is 1. The molecule has 0 radical (unpaired) electrons. The lowest BCUT2D eigenvalue weighted by molar-refractivity contribution is -0.128. The van der Waals surface area contributed by atoms with Crippen molar-refractivity contribution in [3.05, 3.63) is 99.3 Å². The van der Waals surface area contributed by atoms with Gasteiger partial charge in [0.1, 0.15) is 0 Å². The number of ether oxygens (including phenoxy) is 10. The van der Waals surface area contributed by atoms with E-state index in [1.807, 2.05) is 18.2 Å². The fourth-order valence-corrected chi connectivity index (χ4v) is 8.18. The maximum absolute atomic E-state index is 12.8. The lowest BCUT2D eigenvalue weighted by Gasteiger charge is -2.33. The summed E-state index contributed by atoms with van der Waals surface area (Å²) in [5.41, 5.74) is 3.27. The zero-order chi connectivity index (χ0) is 53.1. The van der Waals surface area contributed by atoms with E-state index >= 15 is 0 Å². The van der Waals surface area contributed by atoms with E-state index in [-0.39, 0.29) is 42.3 Å². The van der Waals surface area contributed by atoms with Crippen LogP contribution in [0.2, 0.25) is 10.0 Å². The zero-order valence-electron chi connectivity index (χ0n) is 43.0. The second kappa shape index (κ2) is 37.2. The van der Waals surface area contributed by atoms with E-state index in [4.69, 9.17) is 70.6 Å². The van der Waals surface area contributed by atoms with Crippen molar-refractivity contribution in [1.29, 1.82) is 0 Å². The first-order valence-electron chi connectivity index (χ1n) is 25.5. The molecule has 2 aromatic carbocycles. The third-order valence-electron chi connectivity index (χ3n) is 11.8. The van der Waals surface area contributed by atoms with Gasteiger partial charge in [0.25, 0.3) is 5.91 Å². The third kappa shape index (κ3) is 25.0. The quantitative estimate of drug-likeness (QED) is 0.0601. The molecule has 2 unspecified atom stereocenters. The average molecular weight is 1090 g/mol. The van der Waals surface area contributed by atoms with Crippen LogP contribution in [0.3, 0.4) is 0 Å². The maximum atomic E-state index is 12.8. The predicted molar refractivity (Wildman–Crippen MR) is 279 cm³/mol. The average Bonchev–Trinajstić information content (AvgIpc) is 3.73. The molecule has 0 spiro atoms. The fourth-order valence-electron chi connectivity index (χ4n) is 7.86. The topological polar surface area (TPSA) is 228 Å². The fraction of sp³-hybridized carbons (Fsp3) is 0.596. The zero-order valence-corrected chi connectivity index (χ0v) is 44.5. The first-order chi connectivity index (χ1) is 36.7. The molecule has 23 heteroatoms. The Labute approximate surface area is 450 Å². The number of hydrogen-bond acceptors (Lipinski definition) is 16. The van der Waals surface area contributed by atoms with Crippen molar-refractivity contribution >= 4 is 47.0 Å². The highest BCUT2D eigenvalue weighted by molar-refractivity contribution is 6.42. The number of benzene rings is 2. The van der Waals surface area contributed by atoms with Crippen molar-refractivity contribution in [3.8, 4) is 0 Å². The summed E-state index contributed by atoms with van der Waals surface area (Å²) in [5, 5.41) is 12.5. The summed E-state index contributed by atoms with van der Waals surface area (Å²) in [6.07, 6.45) is 3.39. The summed E-state index contributed by atoms with van der Waals surface area (Å²) in [6.45, 7) is 11.7. The van der Waals surface area contributed by atoms with Gasteiger partial charge in [-0.2, -0.15) is 0 Å². The van der Waals surface area contributed by atoms with Gasteiger partial charge in [-0.15, -0.1) is 0 Å². The van der Waals surface area contributed by atoms with Gasteiger partial charge in [-0.1, -0.05) is 47.5 Å². The third-order valence-corrected chi connectivity index (χ3v) is 12.5. The van der Waals surface area contributed by atoms with Crippen molar-refractivity contribution in [2.45, 2.75) is 31.7 Å². The highest BCUT2D eigenvalue weighted by Gasteiger charge is 2.42. The minimum atomic E-state index is -0.473. The van der Waals surface area contributed by atoms with Crippen LogP contribution >= 0.6 is 23.2 Å². The summed E-state index contributed by atoms with van der Waals surface area (Å²) in [4.78, 5) is 58.2. The Balaban J connectivity index is 0.702. The van der Waals surface area contributed by atoms with Gasteiger partial charge in [0, 0.05) is 77.2 Å².